The second-order valence-electron chi connectivity index (χ2n) is 15.9. The van der Waals surface area contributed by atoms with E-state index in [1.807, 2.05) is 41.1 Å². The zero-order chi connectivity index (χ0) is 56.0. The van der Waals surface area contributed by atoms with E-state index in [1.165, 1.54) is 5.56 Å². The summed E-state index contributed by atoms with van der Waals surface area (Å²) in [4.78, 5) is 15.4. The average molecular weight is 1110 g/mol. The topological polar surface area (TPSA) is 33.8 Å². The molecule has 1 heterocycles. The molecule has 0 aliphatic heterocycles. The molecule has 0 saturated heterocycles. The lowest BCUT2D eigenvalue weighted by Crippen LogP contribution is -2.75. The molecule has 6 rings (SSSR count). The first-order valence-corrected chi connectivity index (χ1v) is 20.4. The van der Waals surface area contributed by atoms with E-state index in [0.29, 0.717) is 12.2 Å². The smallest absolute Gasteiger partial charge is 0.291 e. The van der Waals surface area contributed by atoms with Gasteiger partial charge in [0, 0.05) is 5.56 Å². The number of rotatable bonds is 8. The van der Waals surface area contributed by atoms with E-state index in [-0.39, 0.29) is 11.7 Å². The third-order valence-electron chi connectivity index (χ3n) is 10.8. The maximum absolute atomic E-state index is 14.2. The molecule has 0 aliphatic carbocycles. The van der Waals surface area contributed by atoms with Gasteiger partial charge in [0.05, 0.1) is 56.6 Å². The number of ketones is 1. The molecule has 0 N–H and O–H groups in total. The van der Waals surface area contributed by atoms with Crippen LogP contribution in [0.3, 0.4) is 0 Å². The fraction of sp³-hybridized carbons (Fsp3) is 0.222. The van der Waals surface area contributed by atoms with Gasteiger partial charge in [0.1, 0.15) is 6.15 Å². The van der Waals surface area contributed by atoms with Gasteiger partial charge >= 0.3 is 49.4 Å². The molecule has 29 heteroatoms. The molecule has 5 aromatic carbocycles. The van der Waals surface area contributed by atoms with E-state index < -0.39 is 195 Å². The van der Waals surface area contributed by atoms with Crippen LogP contribution >= 0.6 is 11.6 Å². The number of benzene rings is 5. The van der Waals surface area contributed by atoms with Gasteiger partial charge in [0.25, 0.3) is 0 Å². The molecule has 3 nitrogen and oxygen atoms in total. The minimum atomic E-state index is -6.13. The molecule has 0 unspecified atom stereocenters. The highest BCUT2D eigenvalue weighted by atomic mass is 35.5. The maximum atomic E-state index is 14.2. The number of hydrogen-bond acceptors (Lipinski definition) is 2. The summed E-state index contributed by atoms with van der Waals surface area (Å²) in [5.41, 5.74) is -28.6. The first-order chi connectivity index (χ1) is 33.6. The molecule has 0 amide bonds. The number of hydrogen-bond donors (Lipinski definition) is 0. The Labute approximate surface area is 403 Å². The number of aromatic nitrogens is 2. The molecule has 1 aromatic heterocycles. The number of alkyl halides is 25. The molecule has 0 atom stereocenters. The van der Waals surface area contributed by atoms with Crippen LogP contribution in [0.1, 0.15) is 60.6 Å². The van der Waals surface area contributed by atoms with Crippen molar-refractivity contribution in [2.45, 2.75) is 56.0 Å². The Morgan fingerprint density at radius 3 is 0.905 bits per heavy atom. The third-order valence-corrected chi connectivity index (χ3v) is 11.1. The fourth-order valence-electron chi connectivity index (χ4n) is 7.61. The van der Waals surface area contributed by atoms with Crippen molar-refractivity contribution in [3.8, 4) is 0 Å². The molecule has 0 saturated carbocycles. The predicted molar refractivity (Wildman–Crippen MR) is 215 cm³/mol. The van der Waals surface area contributed by atoms with Crippen LogP contribution in [0.5, 0.6) is 0 Å². The van der Waals surface area contributed by atoms with Crippen molar-refractivity contribution in [1.82, 2.24) is 4.98 Å². The number of carbonyl (C=O) groups excluding carboxylic acids is 1. The van der Waals surface area contributed by atoms with Crippen LogP contribution in [0, 0.1) is 0 Å². The number of nitrogens with zero attached hydrogens (tertiary/aromatic N) is 2. The largest absolute Gasteiger partial charge is 0.416 e. The van der Waals surface area contributed by atoms with Gasteiger partial charge in [-0.05, 0) is 24.3 Å². The first-order valence-electron chi connectivity index (χ1n) is 19.9. The third kappa shape index (κ3) is 13.6. The van der Waals surface area contributed by atoms with E-state index in [9.17, 15) is 110 Å². The van der Waals surface area contributed by atoms with E-state index in [2.05, 4.69) is 4.98 Å². The van der Waals surface area contributed by atoms with Crippen molar-refractivity contribution < 1.29 is 115 Å². The van der Waals surface area contributed by atoms with Crippen LogP contribution < -0.4 is 26.4 Å². The molecule has 0 aliphatic rings. The zero-order valence-corrected chi connectivity index (χ0v) is 36.5. The number of carbonyl (C=O) groups is 1. The van der Waals surface area contributed by atoms with Gasteiger partial charge in [-0.2, -0.15) is 132 Å². The monoisotopic (exact) mass is 1110 g/mol. The number of halogens is 25. The average Bonchev–Trinajstić information content (AvgIpc) is 3.27. The van der Waals surface area contributed by atoms with Gasteiger partial charge in [-0.25, -0.2) is 4.98 Å². The van der Waals surface area contributed by atoms with Crippen LogP contribution in [-0.4, -0.2) is 22.8 Å². The Morgan fingerprint density at radius 1 is 0.419 bits per heavy atom. The SMILES string of the molecule is FC(F)(F)c1cc([B-](c2cc(C(F)(F)F)cc(C(F)(F)F)c2)(c2cc(C(F)(F)F)cc(C(F)(F)F)c2)c2cc(C(F)(F)F)cc(C(F)(F)F)c2)cc(C(F)(F)F)c1.O=C(CCl)c1c[n+](Cc2ccccc2)ccn1. The highest BCUT2D eigenvalue weighted by molar-refractivity contribution is 7.20. The Balaban J connectivity index is 0.000000500. The summed E-state index contributed by atoms with van der Waals surface area (Å²) >= 11 is 5.50. The fourth-order valence-corrected chi connectivity index (χ4v) is 7.75. The molecule has 0 radical (unpaired) electrons. The highest BCUT2D eigenvalue weighted by Crippen LogP contribution is 2.41. The zero-order valence-electron chi connectivity index (χ0n) is 35.8. The minimum absolute atomic E-state index is 0.0393. The van der Waals surface area contributed by atoms with Crippen LogP contribution in [0.25, 0.3) is 0 Å². The van der Waals surface area contributed by atoms with Gasteiger partial charge in [0.2, 0.25) is 5.78 Å². The molecular formula is C45H24BClF24N2O. The minimum Gasteiger partial charge on any atom is -0.291 e. The molecule has 398 valence electrons. The van der Waals surface area contributed by atoms with Crippen molar-refractivity contribution in [2.75, 3.05) is 5.88 Å². The maximum Gasteiger partial charge on any atom is 0.416 e. The second kappa shape index (κ2) is 20.3. The quantitative estimate of drug-likeness (QED) is 0.0500. The standard InChI is InChI=1S/C32H12BF24.C13H12ClN2O/c34-25(35,36)13-1-14(26(37,38)39)6-21(5-13)33(22-7-15(27(40,41)42)2-16(8-22)28(43,44)45,23-9-17(29(46,47)48)3-18(10-23)30(49,50)51)24-11-19(31(52,53)54)4-20(12-24)32(55,56)57;14-8-13(17)12-10-16(7-6-15-12)9-11-4-2-1-3-5-11/h1-12H;1-7,10H,8-9H2/q-1;+1. The van der Waals surface area contributed by atoms with Crippen LogP contribution in [0.15, 0.2) is 122 Å². The molecule has 0 fully saturated rings. The van der Waals surface area contributed by atoms with Crippen molar-refractivity contribution >= 4 is 45.4 Å². The lowest BCUT2D eigenvalue weighted by molar-refractivity contribution is -0.689. The predicted octanol–water partition coefficient (Wildman–Crippen LogP) is 13.1. The van der Waals surface area contributed by atoms with Crippen molar-refractivity contribution in [1.29, 1.82) is 0 Å². The van der Waals surface area contributed by atoms with Crippen molar-refractivity contribution in [3.63, 3.8) is 0 Å². The Bertz CT molecular complexity index is 2550. The first kappa shape index (κ1) is 58.4. The Kier molecular flexibility index (Phi) is 16.0. The van der Waals surface area contributed by atoms with Gasteiger partial charge in [0.15, 0.2) is 24.6 Å². The van der Waals surface area contributed by atoms with Gasteiger partial charge < -0.3 is 0 Å². The Morgan fingerprint density at radius 2 is 0.676 bits per heavy atom. The van der Waals surface area contributed by atoms with Gasteiger partial charge in [-0.15, -0.1) is 11.6 Å². The summed E-state index contributed by atoms with van der Waals surface area (Å²) in [7, 11) is 0. The summed E-state index contributed by atoms with van der Waals surface area (Å²) in [6.07, 6.45) is -49.6. The molecular weight excluding hydrogens is 1090 g/mol. The summed E-state index contributed by atoms with van der Waals surface area (Å²) < 4.78 is 343. The highest BCUT2D eigenvalue weighted by Gasteiger charge is 2.47. The normalized spacial score (nSPS) is 13.4. The van der Waals surface area contributed by atoms with Crippen molar-refractivity contribution in [2.24, 2.45) is 0 Å². The van der Waals surface area contributed by atoms with E-state index in [4.69, 9.17) is 11.6 Å². The summed E-state index contributed by atoms with van der Waals surface area (Å²) in [5.74, 6) is -0.198. The summed E-state index contributed by atoms with van der Waals surface area (Å²) in [6.45, 7) is 0.714. The van der Waals surface area contributed by atoms with Crippen LogP contribution in [-0.2, 0) is 56.0 Å². The molecule has 74 heavy (non-hydrogen) atoms. The van der Waals surface area contributed by atoms with E-state index in [0.717, 1.165) is 0 Å². The lowest BCUT2D eigenvalue weighted by Gasteiger charge is -2.46. The van der Waals surface area contributed by atoms with Crippen molar-refractivity contribution in [3.05, 3.63) is 177 Å². The van der Waals surface area contributed by atoms with Gasteiger partial charge in [-0.1, -0.05) is 78.9 Å². The summed E-state index contributed by atoms with van der Waals surface area (Å²) in [5, 5.41) is 0. The molecule has 6 aromatic rings. The molecule has 0 spiro atoms. The number of Topliss-reactive ketones (excluding diaryl/α,β-unsaturated/α-hetero) is 1. The van der Waals surface area contributed by atoms with Crippen LogP contribution in [0.2, 0.25) is 0 Å². The van der Waals surface area contributed by atoms with Crippen LogP contribution in [0.4, 0.5) is 105 Å². The Hall–Kier alpha value is -6.48. The van der Waals surface area contributed by atoms with E-state index in [1.54, 1.807) is 12.4 Å². The summed E-state index contributed by atoms with van der Waals surface area (Å²) in [6, 6.07) is 1.22. The lowest BCUT2D eigenvalue weighted by atomic mass is 9.12. The van der Waals surface area contributed by atoms with E-state index >= 15 is 0 Å². The van der Waals surface area contributed by atoms with Gasteiger partial charge in [-0.3, -0.25) is 4.79 Å². The molecule has 0 bridgehead atoms. The second-order valence-corrected chi connectivity index (χ2v) is 16.1.